The highest BCUT2D eigenvalue weighted by Crippen LogP contribution is 2.48. The van der Waals surface area contributed by atoms with Crippen LogP contribution in [0.3, 0.4) is 0 Å². The molecule has 112 valence electrons. The zero-order valence-corrected chi connectivity index (χ0v) is 13.1. The van der Waals surface area contributed by atoms with Crippen LogP contribution in [0.5, 0.6) is 11.5 Å². The predicted octanol–water partition coefficient (Wildman–Crippen LogP) is 3.57. The second-order valence-electron chi connectivity index (χ2n) is 6.62. The zero-order chi connectivity index (χ0) is 14.8. The van der Waals surface area contributed by atoms with Crippen molar-refractivity contribution in [2.24, 2.45) is 17.1 Å². The van der Waals surface area contributed by atoms with Crippen LogP contribution < -0.4 is 15.2 Å². The quantitative estimate of drug-likeness (QED) is 0.915. The molecule has 1 aromatic carbocycles. The summed E-state index contributed by atoms with van der Waals surface area (Å²) in [6.07, 6.45) is 3.59. The fourth-order valence-electron chi connectivity index (χ4n) is 3.42. The Labute approximate surface area is 122 Å². The molecule has 1 fully saturated rings. The smallest absolute Gasteiger partial charge is 0.122 e. The molecule has 0 heterocycles. The van der Waals surface area contributed by atoms with Crippen molar-refractivity contribution >= 4 is 0 Å². The lowest BCUT2D eigenvalue weighted by Crippen LogP contribution is -2.32. The van der Waals surface area contributed by atoms with Crippen LogP contribution >= 0.6 is 0 Å². The monoisotopic (exact) mass is 277 g/mol. The van der Waals surface area contributed by atoms with Crippen molar-refractivity contribution in [3.05, 3.63) is 23.8 Å². The topological polar surface area (TPSA) is 44.5 Å². The lowest BCUT2D eigenvalue weighted by Gasteiger charge is -2.41. The summed E-state index contributed by atoms with van der Waals surface area (Å²) in [7, 11) is 3.44. The number of benzene rings is 1. The van der Waals surface area contributed by atoms with E-state index in [1.165, 1.54) is 18.4 Å². The molecule has 2 unspecified atom stereocenters. The van der Waals surface area contributed by atoms with Gasteiger partial charge in [0.2, 0.25) is 0 Å². The average molecular weight is 277 g/mol. The van der Waals surface area contributed by atoms with Gasteiger partial charge in [-0.15, -0.1) is 0 Å². The van der Waals surface area contributed by atoms with E-state index in [0.29, 0.717) is 17.3 Å². The number of hydrogen-bond acceptors (Lipinski definition) is 3. The molecular weight excluding hydrogens is 250 g/mol. The maximum atomic E-state index is 6.01. The summed E-state index contributed by atoms with van der Waals surface area (Å²) in [6.45, 7) is 5.43. The van der Waals surface area contributed by atoms with Crippen LogP contribution in [-0.4, -0.2) is 20.8 Å². The third-order valence-corrected chi connectivity index (χ3v) is 4.67. The summed E-state index contributed by atoms with van der Waals surface area (Å²) in [5.74, 6) is 2.82. The number of hydrogen-bond donors (Lipinski definition) is 1. The summed E-state index contributed by atoms with van der Waals surface area (Å²) in [5, 5.41) is 0. The first kappa shape index (κ1) is 15.2. The lowest BCUT2D eigenvalue weighted by molar-refractivity contribution is 0.163. The molecule has 1 aliphatic carbocycles. The molecule has 0 aliphatic heterocycles. The molecule has 0 radical (unpaired) electrons. The van der Waals surface area contributed by atoms with E-state index in [9.17, 15) is 0 Å². The number of ether oxygens (including phenoxy) is 2. The van der Waals surface area contributed by atoms with Crippen LogP contribution in [0.15, 0.2) is 18.2 Å². The van der Waals surface area contributed by atoms with Crippen molar-refractivity contribution in [3.8, 4) is 11.5 Å². The van der Waals surface area contributed by atoms with E-state index in [-0.39, 0.29) is 0 Å². The molecule has 0 aromatic heterocycles. The summed E-state index contributed by atoms with van der Waals surface area (Å²) in [5.41, 5.74) is 7.62. The minimum absolute atomic E-state index is 0.366. The van der Waals surface area contributed by atoms with Gasteiger partial charge in [-0.2, -0.15) is 0 Å². The molecule has 2 N–H and O–H groups in total. The van der Waals surface area contributed by atoms with E-state index in [2.05, 4.69) is 19.9 Å². The van der Waals surface area contributed by atoms with Crippen molar-refractivity contribution in [2.75, 3.05) is 20.8 Å². The van der Waals surface area contributed by atoms with Gasteiger partial charge in [0.15, 0.2) is 0 Å². The first-order valence-electron chi connectivity index (χ1n) is 7.42. The second-order valence-corrected chi connectivity index (χ2v) is 6.62. The van der Waals surface area contributed by atoms with Gasteiger partial charge in [0.25, 0.3) is 0 Å². The van der Waals surface area contributed by atoms with Crippen LogP contribution in [0.4, 0.5) is 0 Å². The Morgan fingerprint density at radius 3 is 2.60 bits per heavy atom. The number of methoxy groups -OCH3 is 2. The Morgan fingerprint density at radius 1 is 1.25 bits per heavy atom. The van der Waals surface area contributed by atoms with Gasteiger partial charge in [-0.25, -0.2) is 0 Å². The Kier molecular flexibility index (Phi) is 4.59. The van der Waals surface area contributed by atoms with E-state index in [0.717, 1.165) is 24.5 Å². The molecule has 2 atom stereocenters. The van der Waals surface area contributed by atoms with Crippen LogP contribution in [0.2, 0.25) is 0 Å². The molecule has 1 aliphatic rings. The standard InChI is InChI=1S/C17H27NO2/c1-17(2)8-7-12(11-18)15(10-17)14-9-13(19-3)5-6-16(14)20-4/h5-6,9,12,15H,7-8,10-11,18H2,1-4H3. The van der Waals surface area contributed by atoms with Crippen molar-refractivity contribution in [1.29, 1.82) is 0 Å². The molecule has 2 rings (SSSR count). The van der Waals surface area contributed by atoms with E-state index in [1.54, 1.807) is 14.2 Å². The van der Waals surface area contributed by atoms with Crippen LogP contribution in [-0.2, 0) is 0 Å². The minimum Gasteiger partial charge on any atom is -0.497 e. The van der Waals surface area contributed by atoms with Crippen LogP contribution in [0.25, 0.3) is 0 Å². The van der Waals surface area contributed by atoms with Crippen molar-refractivity contribution in [1.82, 2.24) is 0 Å². The van der Waals surface area contributed by atoms with Gasteiger partial charge in [0.05, 0.1) is 14.2 Å². The van der Waals surface area contributed by atoms with Crippen LogP contribution in [0.1, 0.15) is 44.6 Å². The molecule has 3 heteroatoms. The molecule has 20 heavy (non-hydrogen) atoms. The van der Waals surface area contributed by atoms with Crippen molar-refractivity contribution < 1.29 is 9.47 Å². The fraction of sp³-hybridized carbons (Fsp3) is 0.647. The first-order valence-corrected chi connectivity index (χ1v) is 7.42. The molecule has 0 amide bonds. The molecule has 1 saturated carbocycles. The SMILES string of the molecule is COc1ccc(OC)c(C2CC(C)(C)CCC2CN)c1. The van der Waals surface area contributed by atoms with Crippen molar-refractivity contribution in [2.45, 2.75) is 39.0 Å². The normalized spacial score (nSPS) is 25.2. The fourth-order valence-corrected chi connectivity index (χ4v) is 3.42. The summed E-state index contributed by atoms with van der Waals surface area (Å²) < 4.78 is 10.9. The Bertz CT molecular complexity index is 456. The first-order chi connectivity index (χ1) is 9.50. The molecule has 0 bridgehead atoms. The molecule has 3 nitrogen and oxygen atoms in total. The number of rotatable bonds is 4. The Balaban J connectivity index is 2.40. The maximum Gasteiger partial charge on any atom is 0.122 e. The summed E-state index contributed by atoms with van der Waals surface area (Å²) in [6, 6.07) is 6.07. The third-order valence-electron chi connectivity index (χ3n) is 4.67. The van der Waals surface area contributed by atoms with Gasteiger partial charge >= 0.3 is 0 Å². The van der Waals surface area contributed by atoms with E-state index < -0.39 is 0 Å². The highest BCUT2D eigenvalue weighted by atomic mass is 16.5. The van der Waals surface area contributed by atoms with Gasteiger partial charge < -0.3 is 15.2 Å². The summed E-state index contributed by atoms with van der Waals surface area (Å²) in [4.78, 5) is 0. The second kappa shape index (κ2) is 6.04. The van der Waals surface area contributed by atoms with Gasteiger partial charge in [0, 0.05) is 5.56 Å². The highest BCUT2D eigenvalue weighted by Gasteiger charge is 2.36. The lowest BCUT2D eigenvalue weighted by atomic mass is 9.65. The van der Waals surface area contributed by atoms with Gasteiger partial charge in [-0.1, -0.05) is 13.8 Å². The van der Waals surface area contributed by atoms with Crippen molar-refractivity contribution in [3.63, 3.8) is 0 Å². The molecule has 1 aromatic rings. The average Bonchev–Trinajstić information content (AvgIpc) is 2.45. The number of nitrogens with two attached hydrogens (primary N) is 1. The third kappa shape index (κ3) is 3.09. The Hall–Kier alpha value is -1.22. The molecule has 0 spiro atoms. The molecule has 0 saturated heterocycles. The van der Waals surface area contributed by atoms with E-state index >= 15 is 0 Å². The minimum atomic E-state index is 0.366. The largest absolute Gasteiger partial charge is 0.497 e. The molecular formula is C17H27NO2. The highest BCUT2D eigenvalue weighted by molar-refractivity contribution is 5.43. The van der Waals surface area contributed by atoms with E-state index in [4.69, 9.17) is 15.2 Å². The van der Waals surface area contributed by atoms with E-state index in [1.807, 2.05) is 12.1 Å². The van der Waals surface area contributed by atoms with Crippen LogP contribution in [0, 0.1) is 11.3 Å². The zero-order valence-electron chi connectivity index (χ0n) is 13.1. The maximum absolute atomic E-state index is 6.01. The van der Waals surface area contributed by atoms with Gasteiger partial charge in [-0.3, -0.25) is 0 Å². The predicted molar refractivity (Wildman–Crippen MR) is 82.5 cm³/mol. The Morgan fingerprint density at radius 2 is 2.00 bits per heavy atom. The van der Waals surface area contributed by atoms with Gasteiger partial charge in [-0.05, 0) is 61.3 Å². The summed E-state index contributed by atoms with van der Waals surface area (Å²) >= 11 is 0. The van der Waals surface area contributed by atoms with Gasteiger partial charge in [0.1, 0.15) is 11.5 Å².